The van der Waals surface area contributed by atoms with E-state index in [-0.39, 0.29) is 16.5 Å². The first kappa shape index (κ1) is 17.5. The van der Waals surface area contributed by atoms with Gasteiger partial charge in [0.15, 0.2) is 0 Å². The van der Waals surface area contributed by atoms with E-state index in [4.69, 9.17) is 16.7 Å². The van der Waals surface area contributed by atoms with Crippen LogP contribution in [0.5, 0.6) is 0 Å². The van der Waals surface area contributed by atoms with Crippen LogP contribution >= 0.6 is 11.6 Å². The molecule has 0 aliphatic carbocycles. The molecule has 0 bridgehead atoms. The van der Waals surface area contributed by atoms with Gasteiger partial charge in [0.25, 0.3) is 0 Å². The zero-order chi connectivity index (χ0) is 16.0. The van der Waals surface area contributed by atoms with Crippen molar-refractivity contribution in [3.8, 4) is 11.8 Å². The third-order valence-corrected chi connectivity index (χ3v) is 4.53. The van der Waals surface area contributed by atoms with Crippen molar-refractivity contribution in [2.45, 2.75) is 17.9 Å². The second-order valence-electron chi connectivity index (χ2n) is 4.06. The first-order valence-corrected chi connectivity index (χ1v) is 7.81. The van der Waals surface area contributed by atoms with Gasteiger partial charge in [0, 0.05) is 12.6 Å². The molecule has 114 valence electrons. The van der Waals surface area contributed by atoms with Crippen LogP contribution < -0.4 is 10.0 Å². The summed E-state index contributed by atoms with van der Waals surface area (Å²) in [6.45, 7) is 1.12. The number of nitrogens with one attached hydrogen (secondary N) is 2. The minimum absolute atomic E-state index is 0.0173. The van der Waals surface area contributed by atoms with Crippen molar-refractivity contribution >= 4 is 27.5 Å². The number of likely N-dealkylation sites (N-methyl/N-ethyl adjacent to an activating group) is 1. The van der Waals surface area contributed by atoms with Gasteiger partial charge in [-0.15, -0.1) is 0 Å². The molecule has 21 heavy (non-hydrogen) atoms. The number of benzene rings is 1. The summed E-state index contributed by atoms with van der Waals surface area (Å²) in [6.07, 6.45) is 0. The zero-order valence-corrected chi connectivity index (χ0v) is 13.0. The minimum Gasteiger partial charge on any atom is -0.384 e. The number of halogens is 1. The van der Waals surface area contributed by atoms with Gasteiger partial charge < -0.3 is 10.4 Å². The van der Waals surface area contributed by atoms with E-state index in [1.165, 1.54) is 32.2 Å². The number of aliphatic hydroxyl groups excluding tert-OH is 1. The van der Waals surface area contributed by atoms with E-state index in [1.54, 1.807) is 0 Å². The highest BCUT2D eigenvalue weighted by Gasteiger charge is 2.23. The fourth-order valence-corrected chi connectivity index (χ4v) is 3.25. The van der Waals surface area contributed by atoms with Crippen LogP contribution in [0, 0.1) is 11.8 Å². The fourth-order valence-electron chi connectivity index (χ4n) is 1.50. The Morgan fingerprint density at radius 2 is 2.14 bits per heavy atom. The Morgan fingerprint density at radius 3 is 2.67 bits per heavy atom. The van der Waals surface area contributed by atoms with Gasteiger partial charge in [-0.2, -0.15) is 4.72 Å². The normalized spacial score (nSPS) is 12.2. The van der Waals surface area contributed by atoms with Gasteiger partial charge in [0.05, 0.1) is 11.1 Å². The molecular formula is C13H15ClN2O4S. The Labute approximate surface area is 128 Å². The number of aliphatic hydroxyl groups is 1. The predicted octanol–water partition coefficient (Wildman–Crippen LogP) is 0.0966. The highest BCUT2D eigenvalue weighted by Crippen LogP contribution is 2.22. The van der Waals surface area contributed by atoms with E-state index in [0.29, 0.717) is 5.56 Å². The molecule has 6 nitrogen and oxygen atoms in total. The number of rotatable bonds is 4. The summed E-state index contributed by atoms with van der Waals surface area (Å²) < 4.78 is 26.5. The summed E-state index contributed by atoms with van der Waals surface area (Å²) in [7, 11) is -2.51. The van der Waals surface area contributed by atoms with E-state index in [2.05, 4.69) is 21.9 Å². The number of hydrogen-bond donors (Lipinski definition) is 3. The van der Waals surface area contributed by atoms with Gasteiger partial charge in [-0.1, -0.05) is 23.4 Å². The van der Waals surface area contributed by atoms with E-state index >= 15 is 0 Å². The molecule has 0 aliphatic heterocycles. The lowest BCUT2D eigenvalue weighted by Gasteiger charge is -2.13. The largest absolute Gasteiger partial charge is 0.384 e. The van der Waals surface area contributed by atoms with Crippen LogP contribution in [0.4, 0.5) is 0 Å². The Kier molecular flexibility index (Phi) is 6.18. The Bertz CT molecular complexity index is 692. The van der Waals surface area contributed by atoms with Gasteiger partial charge in [-0.3, -0.25) is 4.79 Å². The molecule has 0 radical (unpaired) electrons. The third-order valence-electron chi connectivity index (χ3n) is 2.50. The highest BCUT2D eigenvalue weighted by atomic mass is 35.5. The Hall–Kier alpha value is -1.59. The average Bonchev–Trinajstić information content (AvgIpc) is 2.43. The molecule has 0 aromatic heterocycles. The summed E-state index contributed by atoms with van der Waals surface area (Å²) in [5.74, 6) is 4.59. The van der Waals surface area contributed by atoms with E-state index in [1.807, 2.05) is 0 Å². The van der Waals surface area contributed by atoms with Crippen molar-refractivity contribution in [1.82, 2.24) is 10.0 Å². The van der Waals surface area contributed by atoms with Crippen molar-refractivity contribution < 1.29 is 18.3 Å². The van der Waals surface area contributed by atoms with Crippen LogP contribution in [-0.2, 0) is 14.8 Å². The maximum absolute atomic E-state index is 12.2. The van der Waals surface area contributed by atoms with Crippen LogP contribution in [0.2, 0.25) is 5.02 Å². The summed E-state index contributed by atoms with van der Waals surface area (Å²) in [6, 6.07) is 3.21. The molecule has 0 aliphatic rings. The summed E-state index contributed by atoms with van der Waals surface area (Å²) in [5, 5.41) is 10.9. The number of carbonyl (C=O) groups excluding carboxylic acids is 1. The quantitative estimate of drug-likeness (QED) is 0.682. The molecule has 1 rings (SSSR count). The second-order valence-corrected chi connectivity index (χ2v) is 6.15. The fraction of sp³-hybridized carbons (Fsp3) is 0.308. The lowest BCUT2D eigenvalue weighted by molar-refractivity contribution is -0.121. The smallest absolute Gasteiger partial charge is 0.242 e. The maximum atomic E-state index is 12.2. The molecule has 1 aromatic carbocycles. The molecule has 0 saturated heterocycles. The first-order chi connectivity index (χ1) is 9.81. The molecule has 0 fully saturated rings. The molecular weight excluding hydrogens is 316 g/mol. The van der Waals surface area contributed by atoms with E-state index in [9.17, 15) is 13.2 Å². The van der Waals surface area contributed by atoms with Gasteiger partial charge >= 0.3 is 0 Å². The van der Waals surface area contributed by atoms with Crippen LogP contribution in [0.1, 0.15) is 12.5 Å². The number of sulfonamides is 1. The highest BCUT2D eigenvalue weighted by molar-refractivity contribution is 7.89. The predicted molar refractivity (Wildman–Crippen MR) is 79.3 cm³/mol. The minimum atomic E-state index is -3.92. The molecule has 1 amide bonds. The Balaban J connectivity index is 3.07. The molecule has 1 unspecified atom stereocenters. The van der Waals surface area contributed by atoms with Crippen molar-refractivity contribution in [3.63, 3.8) is 0 Å². The van der Waals surface area contributed by atoms with Crippen molar-refractivity contribution in [2.75, 3.05) is 13.7 Å². The van der Waals surface area contributed by atoms with Crippen LogP contribution in [0.25, 0.3) is 0 Å². The Morgan fingerprint density at radius 1 is 1.48 bits per heavy atom. The summed E-state index contributed by atoms with van der Waals surface area (Å²) in [4.78, 5) is 11.2. The van der Waals surface area contributed by atoms with Crippen LogP contribution in [0.3, 0.4) is 0 Å². The molecule has 0 heterocycles. The van der Waals surface area contributed by atoms with Gasteiger partial charge in [-0.05, 0) is 25.1 Å². The topological polar surface area (TPSA) is 95.5 Å². The molecule has 0 spiro atoms. The van der Waals surface area contributed by atoms with Crippen LogP contribution in [0.15, 0.2) is 23.1 Å². The SMILES string of the molecule is CNC(=O)C(C)NS(=O)(=O)c1ccc(C#CCO)cc1Cl. The first-order valence-electron chi connectivity index (χ1n) is 5.95. The van der Waals surface area contributed by atoms with E-state index in [0.717, 1.165) is 0 Å². The van der Waals surface area contributed by atoms with Gasteiger partial charge in [0.1, 0.15) is 11.5 Å². The van der Waals surface area contributed by atoms with E-state index < -0.39 is 22.0 Å². The molecule has 3 N–H and O–H groups in total. The average molecular weight is 331 g/mol. The lowest BCUT2D eigenvalue weighted by Crippen LogP contribution is -2.43. The number of hydrogen-bond acceptors (Lipinski definition) is 4. The molecule has 1 aromatic rings. The van der Waals surface area contributed by atoms with Gasteiger partial charge in [-0.25, -0.2) is 8.42 Å². The van der Waals surface area contributed by atoms with Crippen molar-refractivity contribution in [2.24, 2.45) is 0 Å². The van der Waals surface area contributed by atoms with Crippen LogP contribution in [-0.4, -0.2) is 39.1 Å². The summed E-state index contributed by atoms with van der Waals surface area (Å²) in [5.41, 5.74) is 0.479. The van der Waals surface area contributed by atoms with Crippen molar-refractivity contribution in [1.29, 1.82) is 0 Å². The third kappa shape index (κ3) is 4.72. The number of carbonyl (C=O) groups is 1. The molecule has 8 heteroatoms. The van der Waals surface area contributed by atoms with Crippen molar-refractivity contribution in [3.05, 3.63) is 28.8 Å². The zero-order valence-electron chi connectivity index (χ0n) is 11.5. The second kappa shape index (κ2) is 7.43. The standard InChI is InChI=1S/C13H15ClN2O4S/c1-9(13(18)15-2)16-21(19,20)12-6-5-10(4-3-7-17)8-11(12)14/h5-6,8-9,16-17H,7H2,1-2H3,(H,15,18). The summed E-state index contributed by atoms with van der Waals surface area (Å²) >= 11 is 5.94. The maximum Gasteiger partial charge on any atom is 0.242 e. The monoisotopic (exact) mass is 330 g/mol. The number of amides is 1. The van der Waals surface area contributed by atoms with Gasteiger partial charge in [0.2, 0.25) is 15.9 Å². The molecule has 1 atom stereocenters. The molecule has 0 saturated carbocycles. The lowest BCUT2D eigenvalue weighted by atomic mass is 10.2.